The zero-order chi connectivity index (χ0) is 44.6. The summed E-state index contributed by atoms with van der Waals surface area (Å²) in [5, 5.41) is 0. The SMILES string of the molecule is c1ccc(-c2ccc(N(c3ccc(-c4ccccc4)cc3)c3ccc(-c4ccc(N(c5ccc(-c6ccccc6)cc5)c5ccc6c(c5)C5(CCCC5)c5ccccc5-6)cc4)cc3)cc2)cc1. The predicted molar refractivity (Wildman–Crippen MR) is 282 cm³/mol. The van der Waals surface area contributed by atoms with E-state index in [0.29, 0.717) is 0 Å². The van der Waals surface area contributed by atoms with E-state index in [2.05, 4.69) is 265 Å². The van der Waals surface area contributed by atoms with Crippen molar-refractivity contribution in [3.8, 4) is 55.6 Å². The van der Waals surface area contributed by atoms with Crippen molar-refractivity contribution in [2.45, 2.75) is 31.1 Å². The lowest BCUT2D eigenvalue weighted by molar-refractivity contribution is 0.550. The van der Waals surface area contributed by atoms with E-state index in [1.807, 2.05) is 0 Å². The number of benzene rings is 10. The first-order valence-electron chi connectivity index (χ1n) is 23.7. The van der Waals surface area contributed by atoms with E-state index in [-0.39, 0.29) is 5.41 Å². The highest BCUT2D eigenvalue weighted by Gasteiger charge is 2.45. The molecular formula is C65H50N2. The number of nitrogens with zero attached hydrogens (tertiary/aromatic N) is 2. The molecule has 0 radical (unpaired) electrons. The minimum Gasteiger partial charge on any atom is -0.311 e. The van der Waals surface area contributed by atoms with Crippen molar-refractivity contribution in [3.63, 3.8) is 0 Å². The van der Waals surface area contributed by atoms with E-state index in [0.717, 1.165) is 28.4 Å². The van der Waals surface area contributed by atoms with Gasteiger partial charge in [-0.3, -0.25) is 0 Å². The Morgan fingerprint density at radius 1 is 0.239 bits per heavy atom. The van der Waals surface area contributed by atoms with Crippen LogP contribution in [0.3, 0.4) is 0 Å². The molecule has 320 valence electrons. The summed E-state index contributed by atoms with van der Waals surface area (Å²) < 4.78 is 0. The Balaban J connectivity index is 0.886. The molecule has 12 rings (SSSR count). The molecule has 2 nitrogen and oxygen atoms in total. The Bertz CT molecular complexity index is 3200. The van der Waals surface area contributed by atoms with E-state index >= 15 is 0 Å². The third kappa shape index (κ3) is 7.51. The van der Waals surface area contributed by atoms with Crippen LogP contribution in [-0.4, -0.2) is 0 Å². The van der Waals surface area contributed by atoms with E-state index in [1.54, 1.807) is 0 Å². The van der Waals surface area contributed by atoms with Crippen LogP contribution in [0.5, 0.6) is 0 Å². The molecule has 0 amide bonds. The highest BCUT2D eigenvalue weighted by molar-refractivity contribution is 5.87. The molecule has 0 aliphatic heterocycles. The van der Waals surface area contributed by atoms with Gasteiger partial charge in [-0.2, -0.15) is 0 Å². The fourth-order valence-corrected chi connectivity index (χ4v) is 10.9. The summed E-state index contributed by atoms with van der Waals surface area (Å²) in [4.78, 5) is 4.79. The molecule has 10 aromatic carbocycles. The van der Waals surface area contributed by atoms with Crippen molar-refractivity contribution in [1.29, 1.82) is 0 Å². The van der Waals surface area contributed by atoms with Gasteiger partial charge in [-0.1, -0.05) is 195 Å². The average molecular weight is 859 g/mol. The van der Waals surface area contributed by atoms with Gasteiger partial charge in [0.05, 0.1) is 0 Å². The maximum absolute atomic E-state index is 2.51. The monoisotopic (exact) mass is 858 g/mol. The lowest BCUT2D eigenvalue weighted by Crippen LogP contribution is -2.21. The standard InChI is InChI=1S/C65H50N2/c1-4-14-47(15-5-1)50-22-32-55(33-23-50)66(56-34-24-51(25-35-56)48-16-6-2-7-17-48)57-36-28-53(29-37-57)54-30-40-59(41-31-54)67(58-38-26-52(27-39-58)49-18-8-3-9-19-49)60-42-43-62-61-20-10-11-21-63(61)65(64(62)46-60)44-12-13-45-65/h1-11,14-43,46H,12-13,44-45H2. The molecule has 0 unspecified atom stereocenters. The summed E-state index contributed by atoms with van der Waals surface area (Å²) in [6, 6.07) is 93.2. The molecule has 0 aromatic heterocycles. The van der Waals surface area contributed by atoms with Gasteiger partial charge in [0.25, 0.3) is 0 Å². The fourth-order valence-electron chi connectivity index (χ4n) is 10.9. The predicted octanol–water partition coefficient (Wildman–Crippen LogP) is 18.1. The zero-order valence-corrected chi connectivity index (χ0v) is 37.5. The molecule has 0 saturated heterocycles. The topological polar surface area (TPSA) is 6.48 Å². The van der Waals surface area contributed by atoms with Crippen LogP contribution in [0.25, 0.3) is 55.6 Å². The lowest BCUT2D eigenvalue weighted by Gasteiger charge is -2.30. The number of rotatable bonds is 10. The second-order valence-corrected chi connectivity index (χ2v) is 18.1. The van der Waals surface area contributed by atoms with Gasteiger partial charge in [0.15, 0.2) is 0 Å². The normalized spacial score (nSPS) is 13.3. The summed E-state index contributed by atoms with van der Waals surface area (Å²) in [5.74, 6) is 0. The second-order valence-electron chi connectivity index (χ2n) is 18.1. The third-order valence-electron chi connectivity index (χ3n) is 14.2. The highest BCUT2D eigenvalue weighted by Crippen LogP contribution is 2.58. The largest absolute Gasteiger partial charge is 0.311 e. The maximum atomic E-state index is 2.51. The molecule has 2 aliphatic carbocycles. The van der Waals surface area contributed by atoms with E-state index in [1.165, 1.54) is 98.1 Å². The number of anilines is 6. The Kier molecular flexibility index (Phi) is 10.4. The summed E-state index contributed by atoms with van der Waals surface area (Å²) in [6.45, 7) is 0. The van der Waals surface area contributed by atoms with Gasteiger partial charge in [-0.05, 0) is 152 Å². The van der Waals surface area contributed by atoms with Gasteiger partial charge < -0.3 is 9.80 Å². The molecule has 1 saturated carbocycles. The molecule has 0 bridgehead atoms. The number of hydrogen-bond acceptors (Lipinski definition) is 2. The zero-order valence-electron chi connectivity index (χ0n) is 37.5. The van der Waals surface area contributed by atoms with Crippen LogP contribution in [0.15, 0.2) is 255 Å². The maximum Gasteiger partial charge on any atom is 0.0465 e. The van der Waals surface area contributed by atoms with E-state index in [9.17, 15) is 0 Å². The Labute approximate surface area is 394 Å². The van der Waals surface area contributed by atoms with Crippen molar-refractivity contribution >= 4 is 34.1 Å². The van der Waals surface area contributed by atoms with Gasteiger partial charge in [-0.15, -0.1) is 0 Å². The van der Waals surface area contributed by atoms with Crippen molar-refractivity contribution in [1.82, 2.24) is 0 Å². The fraction of sp³-hybridized carbons (Fsp3) is 0.0769. The van der Waals surface area contributed by atoms with Gasteiger partial charge >= 0.3 is 0 Å². The smallest absolute Gasteiger partial charge is 0.0465 e. The second kappa shape index (κ2) is 17.3. The first-order valence-corrected chi connectivity index (χ1v) is 23.7. The van der Waals surface area contributed by atoms with Crippen LogP contribution in [-0.2, 0) is 5.41 Å². The summed E-state index contributed by atoms with van der Waals surface area (Å²) in [6.07, 6.45) is 4.96. The molecular weight excluding hydrogens is 809 g/mol. The average Bonchev–Trinajstić information content (AvgIpc) is 4.02. The van der Waals surface area contributed by atoms with Crippen molar-refractivity contribution in [3.05, 3.63) is 266 Å². The van der Waals surface area contributed by atoms with Crippen LogP contribution in [0.2, 0.25) is 0 Å². The van der Waals surface area contributed by atoms with Crippen LogP contribution < -0.4 is 9.80 Å². The van der Waals surface area contributed by atoms with Crippen LogP contribution in [0.4, 0.5) is 34.1 Å². The van der Waals surface area contributed by atoms with Gasteiger partial charge in [0.1, 0.15) is 0 Å². The van der Waals surface area contributed by atoms with Crippen molar-refractivity contribution < 1.29 is 0 Å². The van der Waals surface area contributed by atoms with Gasteiger partial charge in [-0.25, -0.2) is 0 Å². The van der Waals surface area contributed by atoms with Crippen molar-refractivity contribution in [2.24, 2.45) is 0 Å². The van der Waals surface area contributed by atoms with Crippen molar-refractivity contribution in [2.75, 3.05) is 9.80 Å². The Hall–Kier alpha value is -8.20. The molecule has 1 spiro atoms. The van der Waals surface area contributed by atoms with Gasteiger partial charge in [0.2, 0.25) is 0 Å². The highest BCUT2D eigenvalue weighted by atomic mass is 15.1. The van der Waals surface area contributed by atoms with E-state index < -0.39 is 0 Å². The van der Waals surface area contributed by atoms with E-state index in [4.69, 9.17) is 0 Å². The molecule has 0 atom stereocenters. The molecule has 0 heterocycles. The third-order valence-corrected chi connectivity index (χ3v) is 14.2. The van der Waals surface area contributed by atoms with Crippen LogP contribution in [0.1, 0.15) is 36.8 Å². The molecule has 67 heavy (non-hydrogen) atoms. The Morgan fingerprint density at radius 2 is 0.522 bits per heavy atom. The molecule has 2 heteroatoms. The van der Waals surface area contributed by atoms with Crippen LogP contribution >= 0.6 is 0 Å². The summed E-state index contributed by atoms with van der Waals surface area (Å²) >= 11 is 0. The van der Waals surface area contributed by atoms with Gasteiger partial charge in [0, 0.05) is 39.5 Å². The summed E-state index contributed by atoms with van der Waals surface area (Å²) in [7, 11) is 0. The minimum absolute atomic E-state index is 0.0909. The van der Waals surface area contributed by atoms with Crippen LogP contribution in [0, 0.1) is 0 Å². The first kappa shape index (κ1) is 40.3. The first-order chi connectivity index (χ1) is 33.2. The quantitative estimate of drug-likeness (QED) is 0.135. The lowest BCUT2D eigenvalue weighted by atomic mass is 9.76. The molecule has 1 fully saturated rings. The molecule has 2 aliphatic rings. The number of hydrogen-bond donors (Lipinski definition) is 0. The summed E-state index contributed by atoms with van der Waals surface area (Å²) in [5.41, 5.74) is 22.3. The minimum atomic E-state index is 0.0909. The number of fused-ring (bicyclic) bond motifs is 5. The molecule has 10 aromatic rings. The molecule has 0 N–H and O–H groups in total. The Morgan fingerprint density at radius 3 is 0.896 bits per heavy atom.